The van der Waals surface area contributed by atoms with Crippen molar-refractivity contribution in [3.63, 3.8) is 0 Å². The molecule has 2 N–H and O–H groups in total. The third-order valence-corrected chi connectivity index (χ3v) is 6.80. The smallest absolute Gasteiger partial charge is 0.267 e. The van der Waals surface area contributed by atoms with E-state index in [9.17, 15) is 18.1 Å². The number of unbranched alkanes of at least 4 members (excludes halogenated alkanes) is 11. The molecule has 0 amide bonds. The Morgan fingerprint density at radius 1 is 0.593 bits per heavy atom. The van der Waals surface area contributed by atoms with Crippen LogP contribution in [-0.2, 0) is 10.1 Å². The quantitative estimate of drug-likeness (QED) is 0.175. The predicted molar refractivity (Wildman–Crippen MR) is 116 cm³/mol. The summed E-state index contributed by atoms with van der Waals surface area (Å²) in [6, 6.07) is 0. The van der Waals surface area contributed by atoms with Crippen LogP contribution in [0.2, 0.25) is 0 Å². The highest BCUT2D eigenvalue weighted by molar-refractivity contribution is 7.86. The lowest BCUT2D eigenvalue weighted by atomic mass is 10.0. The zero-order chi connectivity index (χ0) is 20.4. The van der Waals surface area contributed by atoms with Gasteiger partial charge < -0.3 is 5.11 Å². The van der Waals surface area contributed by atoms with Gasteiger partial charge in [-0.2, -0.15) is 8.42 Å². The van der Waals surface area contributed by atoms with Crippen molar-refractivity contribution in [2.45, 2.75) is 141 Å². The minimum absolute atomic E-state index is 0.272. The van der Waals surface area contributed by atoms with Crippen molar-refractivity contribution in [2.75, 3.05) is 0 Å². The molecule has 0 aliphatic heterocycles. The highest BCUT2D eigenvalue weighted by atomic mass is 32.2. The van der Waals surface area contributed by atoms with Gasteiger partial charge in [0, 0.05) is 0 Å². The topological polar surface area (TPSA) is 74.6 Å². The molecule has 0 radical (unpaired) electrons. The van der Waals surface area contributed by atoms with Gasteiger partial charge in [0.25, 0.3) is 10.1 Å². The van der Waals surface area contributed by atoms with Crippen molar-refractivity contribution in [2.24, 2.45) is 0 Å². The Labute approximate surface area is 169 Å². The Morgan fingerprint density at radius 2 is 1.00 bits per heavy atom. The van der Waals surface area contributed by atoms with Gasteiger partial charge >= 0.3 is 0 Å². The third-order valence-electron chi connectivity index (χ3n) is 5.49. The van der Waals surface area contributed by atoms with Crippen LogP contribution in [0.25, 0.3) is 0 Å². The van der Waals surface area contributed by atoms with Gasteiger partial charge in [-0.3, -0.25) is 4.55 Å². The molecular formula is C22H46O4S. The third kappa shape index (κ3) is 17.7. The van der Waals surface area contributed by atoms with Crippen LogP contribution in [0.3, 0.4) is 0 Å². The summed E-state index contributed by atoms with van der Waals surface area (Å²) < 4.78 is 32.6. The van der Waals surface area contributed by atoms with Gasteiger partial charge in [-0.25, -0.2) is 0 Å². The van der Waals surface area contributed by atoms with Crippen molar-refractivity contribution in [3.05, 3.63) is 0 Å². The molecule has 4 nitrogen and oxygen atoms in total. The summed E-state index contributed by atoms with van der Waals surface area (Å²) in [5, 5.41) is 9.10. The van der Waals surface area contributed by atoms with Crippen LogP contribution in [-0.4, -0.2) is 29.4 Å². The maximum Gasteiger partial charge on any atom is 0.267 e. The van der Waals surface area contributed by atoms with Crippen LogP contribution in [0, 0.1) is 0 Å². The Hall–Kier alpha value is -0.130. The number of hydrogen-bond donors (Lipinski definition) is 2. The number of aliphatic hydroxyl groups is 1. The van der Waals surface area contributed by atoms with Crippen molar-refractivity contribution < 1.29 is 18.1 Å². The first kappa shape index (κ1) is 26.9. The molecule has 0 rings (SSSR count). The first-order chi connectivity index (χ1) is 12.9. The molecule has 0 spiro atoms. The number of rotatable bonds is 20. The van der Waals surface area contributed by atoms with Gasteiger partial charge in [0.1, 0.15) is 0 Å². The number of hydrogen-bond acceptors (Lipinski definition) is 3. The van der Waals surface area contributed by atoms with Crippen LogP contribution < -0.4 is 0 Å². The summed E-state index contributed by atoms with van der Waals surface area (Å²) in [5.41, 5.74) is 0. The fourth-order valence-electron chi connectivity index (χ4n) is 3.71. The van der Waals surface area contributed by atoms with Crippen molar-refractivity contribution >= 4 is 10.1 Å². The molecule has 5 heteroatoms. The zero-order valence-corrected chi connectivity index (χ0v) is 18.8. The highest BCUT2D eigenvalue weighted by Gasteiger charge is 2.22. The first-order valence-corrected chi connectivity index (χ1v) is 13.1. The first-order valence-electron chi connectivity index (χ1n) is 11.6. The van der Waals surface area contributed by atoms with Crippen LogP contribution in [0.15, 0.2) is 0 Å². The fraction of sp³-hybridized carbons (Fsp3) is 1.00. The van der Waals surface area contributed by atoms with Crippen molar-refractivity contribution in [3.8, 4) is 0 Å². The average Bonchev–Trinajstić information content (AvgIpc) is 2.60. The minimum Gasteiger partial charge on any atom is -0.393 e. The van der Waals surface area contributed by atoms with Crippen molar-refractivity contribution in [1.29, 1.82) is 0 Å². The monoisotopic (exact) mass is 406 g/mol. The lowest BCUT2D eigenvalue weighted by molar-refractivity contribution is 0.150. The van der Waals surface area contributed by atoms with Crippen LogP contribution >= 0.6 is 0 Å². The van der Waals surface area contributed by atoms with Gasteiger partial charge in [0.15, 0.2) is 0 Å². The van der Waals surface area contributed by atoms with E-state index in [0.717, 1.165) is 51.4 Å². The Bertz CT molecular complexity index is 409. The Morgan fingerprint density at radius 3 is 1.44 bits per heavy atom. The van der Waals surface area contributed by atoms with E-state index in [4.69, 9.17) is 0 Å². The molecule has 0 aromatic heterocycles. The number of aliphatic hydroxyl groups excluding tert-OH is 1. The summed E-state index contributed by atoms with van der Waals surface area (Å²) >= 11 is 0. The highest BCUT2D eigenvalue weighted by Crippen LogP contribution is 2.19. The van der Waals surface area contributed by atoms with Gasteiger partial charge in [0.2, 0.25) is 0 Å². The lowest BCUT2D eigenvalue weighted by Gasteiger charge is -2.14. The van der Waals surface area contributed by atoms with E-state index in [1.54, 1.807) is 0 Å². The molecule has 164 valence electrons. The van der Waals surface area contributed by atoms with Gasteiger partial charge in [0.05, 0.1) is 11.4 Å². The van der Waals surface area contributed by atoms with E-state index in [1.807, 2.05) is 6.92 Å². The molecule has 0 saturated carbocycles. The van der Waals surface area contributed by atoms with E-state index in [-0.39, 0.29) is 6.10 Å². The maximum atomic E-state index is 11.6. The second-order valence-electron chi connectivity index (χ2n) is 8.19. The summed E-state index contributed by atoms with van der Waals surface area (Å²) in [5.74, 6) is 0. The molecular weight excluding hydrogens is 360 g/mol. The van der Waals surface area contributed by atoms with Gasteiger partial charge in [-0.15, -0.1) is 0 Å². The summed E-state index contributed by atoms with van der Waals surface area (Å²) in [4.78, 5) is 0. The lowest BCUT2D eigenvalue weighted by Crippen LogP contribution is -2.20. The van der Waals surface area contributed by atoms with E-state index in [1.165, 1.54) is 51.4 Å². The van der Waals surface area contributed by atoms with E-state index >= 15 is 0 Å². The molecule has 0 aliphatic carbocycles. The zero-order valence-electron chi connectivity index (χ0n) is 18.0. The fourth-order valence-corrected chi connectivity index (χ4v) is 4.64. The molecule has 0 heterocycles. The standard InChI is InChI=1S/C22H46O4S/c1-3-5-6-7-8-9-10-11-12-13-14-19-22(27(24,25)26)20-16-15-18-21(23)17-4-2/h21-23H,3-20H2,1-2H3,(H,24,25,26). The molecule has 2 unspecified atom stereocenters. The second kappa shape index (κ2) is 17.9. The molecule has 27 heavy (non-hydrogen) atoms. The molecule has 0 saturated heterocycles. The van der Waals surface area contributed by atoms with E-state index in [2.05, 4.69) is 6.92 Å². The molecule has 0 fully saturated rings. The molecule has 0 aromatic rings. The molecule has 0 aliphatic rings. The van der Waals surface area contributed by atoms with Gasteiger partial charge in [-0.1, -0.05) is 104 Å². The average molecular weight is 407 g/mol. The molecule has 0 aromatic carbocycles. The van der Waals surface area contributed by atoms with E-state index in [0.29, 0.717) is 12.8 Å². The summed E-state index contributed by atoms with van der Waals surface area (Å²) in [6.07, 6.45) is 18.5. The SMILES string of the molecule is CCCCCCCCCCCCCC(CCCCC(O)CCC)S(=O)(=O)O. The minimum atomic E-state index is -3.95. The van der Waals surface area contributed by atoms with Crippen molar-refractivity contribution in [1.82, 2.24) is 0 Å². The predicted octanol–water partition coefficient (Wildman–Crippen LogP) is 6.67. The van der Waals surface area contributed by atoms with Crippen LogP contribution in [0.5, 0.6) is 0 Å². The summed E-state index contributed by atoms with van der Waals surface area (Å²) in [6.45, 7) is 4.29. The van der Waals surface area contributed by atoms with E-state index < -0.39 is 15.4 Å². The molecule has 0 bridgehead atoms. The maximum absolute atomic E-state index is 11.6. The largest absolute Gasteiger partial charge is 0.393 e. The normalized spacial score (nSPS) is 14.4. The molecule has 2 atom stereocenters. The van der Waals surface area contributed by atoms with Crippen LogP contribution in [0.4, 0.5) is 0 Å². The van der Waals surface area contributed by atoms with Gasteiger partial charge in [-0.05, 0) is 25.7 Å². The Kier molecular flexibility index (Phi) is 17.8. The Balaban J connectivity index is 3.72. The summed E-state index contributed by atoms with van der Waals surface area (Å²) in [7, 11) is -3.95. The second-order valence-corrected chi connectivity index (χ2v) is 9.88. The van der Waals surface area contributed by atoms with Crippen LogP contribution in [0.1, 0.15) is 129 Å².